The number of imide groups is 1. The van der Waals surface area contributed by atoms with Crippen LogP contribution in [0.1, 0.15) is 6.92 Å². The average Bonchev–Trinajstić information content (AvgIpc) is 1.96. The van der Waals surface area contributed by atoms with Crippen molar-refractivity contribution in [2.75, 3.05) is 0 Å². The topological polar surface area (TPSA) is 95.5 Å². The molecule has 0 saturated carbocycles. The molecule has 1 aliphatic rings. The van der Waals surface area contributed by atoms with Crippen molar-refractivity contribution >= 4 is 17.9 Å². The van der Waals surface area contributed by atoms with Crippen LogP contribution >= 0.6 is 0 Å². The van der Waals surface area contributed by atoms with Gasteiger partial charge in [0.05, 0.1) is 5.92 Å². The number of amides is 3. The molecule has 12 heavy (non-hydrogen) atoms. The summed E-state index contributed by atoms with van der Waals surface area (Å²) in [5, 5.41) is 12.6. The van der Waals surface area contributed by atoms with E-state index in [1.54, 1.807) is 0 Å². The lowest BCUT2D eigenvalue weighted by molar-refractivity contribution is -0.144. The van der Waals surface area contributed by atoms with Crippen molar-refractivity contribution < 1.29 is 19.5 Å². The van der Waals surface area contributed by atoms with Crippen molar-refractivity contribution in [1.29, 1.82) is 0 Å². The van der Waals surface area contributed by atoms with Crippen LogP contribution in [0.15, 0.2) is 0 Å². The standard InChI is InChI=1S/C6H8N2O4/c1-2-3(5(10)11)7-6(12)8-4(2)9/h2-3H,1H3,(H,10,11)(H2,7,8,9,12)/t2-,3+/m0/s1. The summed E-state index contributed by atoms with van der Waals surface area (Å²) >= 11 is 0. The number of aliphatic carboxylic acids is 1. The first kappa shape index (κ1) is 8.51. The maximum absolute atomic E-state index is 10.9. The summed E-state index contributed by atoms with van der Waals surface area (Å²) in [6.45, 7) is 1.44. The Balaban J connectivity index is 2.79. The molecule has 2 atom stereocenters. The lowest BCUT2D eigenvalue weighted by Crippen LogP contribution is -2.60. The molecule has 0 aromatic heterocycles. The van der Waals surface area contributed by atoms with E-state index in [4.69, 9.17) is 5.11 Å². The molecule has 0 spiro atoms. The first-order valence-corrected chi connectivity index (χ1v) is 3.36. The number of carboxylic acid groups (broad SMARTS) is 1. The van der Waals surface area contributed by atoms with Crippen molar-refractivity contribution in [3.8, 4) is 0 Å². The summed E-state index contributed by atoms with van der Waals surface area (Å²) in [5.41, 5.74) is 0. The molecular weight excluding hydrogens is 164 g/mol. The van der Waals surface area contributed by atoms with Gasteiger partial charge in [-0.3, -0.25) is 10.1 Å². The molecular formula is C6H8N2O4. The Bertz CT molecular complexity index is 250. The van der Waals surface area contributed by atoms with Crippen LogP contribution in [0.3, 0.4) is 0 Å². The molecule has 0 radical (unpaired) electrons. The van der Waals surface area contributed by atoms with Gasteiger partial charge < -0.3 is 10.4 Å². The highest BCUT2D eigenvalue weighted by Gasteiger charge is 2.36. The van der Waals surface area contributed by atoms with Gasteiger partial charge in [-0.05, 0) is 0 Å². The number of nitrogens with one attached hydrogen (secondary N) is 2. The summed E-state index contributed by atoms with van der Waals surface area (Å²) in [5.74, 6) is -2.50. The van der Waals surface area contributed by atoms with Crippen LogP contribution in [0.25, 0.3) is 0 Å². The van der Waals surface area contributed by atoms with E-state index in [0.29, 0.717) is 0 Å². The van der Waals surface area contributed by atoms with Gasteiger partial charge in [-0.2, -0.15) is 0 Å². The number of carbonyl (C=O) groups is 3. The molecule has 6 nitrogen and oxygen atoms in total. The van der Waals surface area contributed by atoms with Gasteiger partial charge in [-0.25, -0.2) is 9.59 Å². The highest BCUT2D eigenvalue weighted by Crippen LogP contribution is 2.07. The SMILES string of the molecule is C[C@@H]1C(=O)NC(=O)N[C@H]1C(=O)O. The van der Waals surface area contributed by atoms with Crippen molar-refractivity contribution in [1.82, 2.24) is 10.6 Å². The average molecular weight is 172 g/mol. The predicted molar refractivity (Wildman–Crippen MR) is 37.3 cm³/mol. The quantitative estimate of drug-likeness (QED) is 0.468. The number of carbonyl (C=O) groups excluding carboxylic acids is 2. The zero-order valence-electron chi connectivity index (χ0n) is 6.33. The van der Waals surface area contributed by atoms with Gasteiger partial charge in [0.1, 0.15) is 6.04 Å². The molecule has 1 rings (SSSR count). The van der Waals surface area contributed by atoms with Gasteiger partial charge in [0.15, 0.2) is 0 Å². The van der Waals surface area contributed by atoms with Gasteiger partial charge in [0.2, 0.25) is 5.91 Å². The monoisotopic (exact) mass is 172 g/mol. The van der Waals surface area contributed by atoms with Crippen molar-refractivity contribution in [2.45, 2.75) is 13.0 Å². The highest BCUT2D eigenvalue weighted by atomic mass is 16.4. The molecule has 0 aliphatic carbocycles. The normalized spacial score (nSPS) is 29.1. The summed E-state index contributed by atoms with van der Waals surface area (Å²) < 4.78 is 0. The Labute approximate surface area is 67.9 Å². The molecule has 1 saturated heterocycles. The molecule has 0 aromatic carbocycles. The number of rotatable bonds is 1. The van der Waals surface area contributed by atoms with Crippen molar-refractivity contribution in [3.05, 3.63) is 0 Å². The molecule has 1 heterocycles. The first-order valence-electron chi connectivity index (χ1n) is 3.36. The molecule has 0 aromatic rings. The highest BCUT2D eigenvalue weighted by molar-refractivity contribution is 6.02. The molecule has 0 unspecified atom stereocenters. The van der Waals surface area contributed by atoms with E-state index in [0.717, 1.165) is 0 Å². The number of hydrogen-bond acceptors (Lipinski definition) is 3. The Morgan fingerprint density at radius 3 is 2.58 bits per heavy atom. The van der Waals surface area contributed by atoms with E-state index in [1.165, 1.54) is 6.92 Å². The second kappa shape index (κ2) is 2.80. The van der Waals surface area contributed by atoms with Crippen LogP contribution in [0.5, 0.6) is 0 Å². The number of hydrogen-bond donors (Lipinski definition) is 3. The van der Waals surface area contributed by atoms with E-state index >= 15 is 0 Å². The largest absolute Gasteiger partial charge is 0.480 e. The number of carboxylic acids is 1. The molecule has 66 valence electrons. The number of urea groups is 1. The van der Waals surface area contributed by atoms with Crippen LogP contribution in [-0.4, -0.2) is 29.1 Å². The van der Waals surface area contributed by atoms with Gasteiger partial charge >= 0.3 is 12.0 Å². The van der Waals surface area contributed by atoms with E-state index in [-0.39, 0.29) is 0 Å². The minimum absolute atomic E-state index is 0.564. The minimum atomic E-state index is -1.20. The van der Waals surface area contributed by atoms with Crippen LogP contribution in [0.2, 0.25) is 0 Å². The zero-order valence-corrected chi connectivity index (χ0v) is 6.33. The van der Waals surface area contributed by atoms with E-state index in [2.05, 4.69) is 5.32 Å². The second-order valence-corrected chi connectivity index (χ2v) is 2.57. The first-order chi connectivity index (χ1) is 5.52. The fourth-order valence-corrected chi connectivity index (χ4v) is 0.955. The van der Waals surface area contributed by atoms with Gasteiger partial charge in [0, 0.05) is 0 Å². The summed E-state index contributed by atoms with van der Waals surface area (Å²) in [7, 11) is 0. The molecule has 1 fully saturated rings. The maximum atomic E-state index is 10.9. The molecule has 3 N–H and O–H groups in total. The zero-order chi connectivity index (χ0) is 9.30. The summed E-state index contributed by atoms with van der Waals surface area (Å²) in [6, 6.07) is -1.88. The Kier molecular flexibility index (Phi) is 1.99. The van der Waals surface area contributed by atoms with Crippen molar-refractivity contribution in [2.24, 2.45) is 5.92 Å². The van der Waals surface area contributed by atoms with Crippen LogP contribution in [0.4, 0.5) is 4.79 Å². The van der Waals surface area contributed by atoms with Gasteiger partial charge in [-0.1, -0.05) is 6.92 Å². The fourth-order valence-electron chi connectivity index (χ4n) is 0.955. The fraction of sp³-hybridized carbons (Fsp3) is 0.500. The van der Waals surface area contributed by atoms with E-state index in [9.17, 15) is 14.4 Å². The van der Waals surface area contributed by atoms with Crippen LogP contribution in [-0.2, 0) is 9.59 Å². The lowest BCUT2D eigenvalue weighted by atomic mass is 10.00. The molecule has 0 bridgehead atoms. The van der Waals surface area contributed by atoms with Crippen LogP contribution < -0.4 is 10.6 Å². The third-order valence-electron chi connectivity index (χ3n) is 1.70. The van der Waals surface area contributed by atoms with Crippen LogP contribution in [0, 0.1) is 5.92 Å². The van der Waals surface area contributed by atoms with Gasteiger partial charge in [-0.15, -0.1) is 0 Å². The third-order valence-corrected chi connectivity index (χ3v) is 1.70. The smallest absolute Gasteiger partial charge is 0.327 e. The third kappa shape index (κ3) is 1.36. The van der Waals surface area contributed by atoms with Crippen molar-refractivity contribution in [3.63, 3.8) is 0 Å². The van der Waals surface area contributed by atoms with E-state index in [1.807, 2.05) is 5.32 Å². The second-order valence-electron chi connectivity index (χ2n) is 2.57. The van der Waals surface area contributed by atoms with Gasteiger partial charge in [0.25, 0.3) is 0 Å². The maximum Gasteiger partial charge on any atom is 0.327 e. The van der Waals surface area contributed by atoms with E-state index < -0.39 is 29.9 Å². The molecule has 3 amide bonds. The Morgan fingerprint density at radius 2 is 2.08 bits per heavy atom. The minimum Gasteiger partial charge on any atom is -0.480 e. The summed E-state index contributed by atoms with van der Waals surface area (Å²) in [4.78, 5) is 32.0. The lowest BCUT2D eigenvalue weighted by Gasteiger charge is -2.25. The Hall–Kier alpha value is -1.59. The predicted octanol–water partition coefficient (Wildman–Crippen LogP) is -1.08. The molecule has 6 heteroatoms. The Morgan fingerprint density at radius 1 is 1.50 bits per heavy atom. The molecule has 1 aliphatic heterocycles. The summed E-state index contributed by atoms with van der Waals surface area (Å²) in [6.07, 6.45) is 0.